The number of ether oxygens (including phenoxy) is 2. The normalized spacial score (nSPS) is 23.4. The van der Waals surface area contributed by atoms with Crippen LogP contribution in [-0.4, -0.2) is 19.2 Å². The van der Waals surface area contributed by atoms with E-state index in [-0.39, 0.29) is 5.97 Å². The lowest BCUT2D eigenvalue weighted by molar-refractivity contribution is 0.0600. The molecule has 0 amide bonds. The van der Waals surface area contributed by atoms with Crippen molar-refractivity contribution in [2.24, 2.45) is 5.92 Å². The first-order valence-corrected chi connectivity index (χ1v) is 6.54. The third-order valence-electron chi connectivity index (χ3n) is 3.47. The summed E-state index contributed by atoms with van der Waals surface area (Å²) in [6.45, 7) is 2.27. The van der Waals surface area contributed by atoms with Gasteiger partial charge in [0.2, 0.25) is 0 Å². The molecule has 0 radical (unpaired) electrons. The SMILES string of the molecule is COC(=O)c1ccc(OC2CCCC(C)C2)cc1. The largest absolute Gasteiger partial charge is 0.490 e. The smallest absolute Gasteiger partial charge is 0.337 e. The van der Waals surface area contributed by atoms with E-state index >= 15 is 0 Å². The van der Waals surface area contributed by atoms with E-state index in [0.717, 1.165) is 24.5 Å². The zero-order valence-electron chi connectivity index (χ0n) is 11.0. The van der Waals surface area contributed by atoms with Gasteiger partial charge in [0.15, 0.2) is 0 Å². The predicted molar refractivity (Wildman–Crippen MR) is 69.8 cm³/mol. The standard InChI is InChI=1S/C15H20O3/c1-11-4-3-5-14(10-11)18-13-8-6-12(7-9-13)15(16)17-2/h6-9,11,14H,3-5,10H2,1-2H3. The zero-order valence-corrected chi connectivity index (χ0v) is 11.0. The number of esters is 1. The van der Waals surface area contributed by atoms with Gasteiger partial charge in [0, 0.05) is 0 Å². The molecular formula is C15H20O3. The van der Waals surface area contributed by atoms with E-state index in [4.69, 9.17) is 4.74 Å². The number of carbonyl (C=O) groups is 1. The van der Waals surface area contributed by atoms with Gasteiger partial charge in [0.05, 0.1) is 18.8 Å². The van der Waals surface area contributed by atoms with Crippen molar-refractivity contribution >= 4 is 5.97 Å². The molecule has 3 nitrogen and oxygen atoms in total. The molecule has 2 atom stereocenters. The van der Waals surface area contributed by atoms with Crippen LogP contribution < -0.4 is 4.74 Å². The Bertz CT molecular complexity index is 397. The summed E-state index contributed by atoms with van der Waals surface area (Å²) in [6, 6.07) is 7.16. The minimum absolute atomic E-state index is 0.312. The number of benzene rings is 1. The topological polar surface area (TPSA) is 35.5 Å². The lowest BCUT2D eigenvalue weighted by atomic mass is 9.89. The molecule has 3 heteroatoms. The van der Waals surface area contributed by atoms with Crippen LogP contribution in [0.3, 0.4) is 0 Å². The lowest BCUT2D eigenvalue weighted by Gasteiger charge is -2.27. The molecule has 2 rings (SSSR count). The highest BCUT2D eigenvalue weighted by Crippen LogP contribution is 2.27. The molecule has 1 saturated carbocycles. The maximum atomic E-state index is 11.3. The van der Waals surface area contributed by atoms with Crippen molar-refractivity contribution in [2.75, 3.05) is 7.11 Å². The molecule has 2 unspecified atom stereocenters. The van der Waals surface area contributed by atoms with Gasteiger partial charge in [-0.3, -0.25) is 0 Å². The highest BCUT2D eigenvalue weighted by Gasteiger charge is 2.20. The van der Waals surface area contributed by atoms with Crippen LogP contribution in [0.5, 0.6) is 5.75 Å². The molecular weight excluding hydrogens is 228 g/mol. The van der Waals surface area contributed by atoms with Crippen LogP contribution in [0, 0.1) is 5.92 Å². The predicted octanol–water partition coefficient (Wildman–Crippen LogP) is 3.43. The van der Waals surface area contributed by atoms with Crippen LogP contribution in [0.2, 0.25) is 0 Å². The van der Waals surface area contributed by atoms with E-state index in [9.17, 15) is 4.79 Å². The van der Waals surface area contributed by atoms with Gasteiger partial charge in [0.1, 0.15) is 5.75 Å². The van der Waals surface area contributed by atoms with Crippen molar-refractivity contribution in [3.05, 3.63) is 29.8 Å². The molecule has 1 aromatic carbocycles. The molecule has 18 heavy (non-hydrogen) atoms. The van der Waals surface area contributed by atoms with Crippen LogP contribution >= 0.6 is 0 Å². The Labute approximate surface area is 108 Å². The Balaban J connectivity index is 1.95. The van der Waals surface area contributed by atoms with E-state index in [1.807, 2.05) is 12.1 Å². The third kappa shape index (κ3) is 3.25. The van der Waals surface area contributed by atoms with Gasteiger partial charge >= 0.3 is 5.97 Å². The summed E-state index contributed by atoms with van der Waals surface area (Å²) in [5.74, 6) is 1.27. The monoisotopic (exact) mass is 248 g/mol. The number of rotatable bonds is 3. The number of carbonyl (C=O) groups excluding carboxylic acids is 1. The first-order valence-electron chi connectivity index (χ1n) is 6.54. The molecule has 0 saturated heterocycles. The van der Waals surface area contributed by atoms with Crippen LogP contribution in [0.1, 0.15) is 43.0 Å². The van der Waals surface area contributed by atoms with Crippen molar-refractivity contribution < 1.29 is 14.3 Å². The van der Waals surface area contributed by atoms with Crippen molar-refractivity contribution in [2.45, 2.75) is 38.7 Å². The van der Waals surface area contributed by atoms with Crippen LogP contribution in [0.4, 0.5) is 0 Å². The van der Waals surface area contributed by atoms with E-state index in [1.165, 1.54) is 20.0 Å². The fraction of sp³-hybridized carbons (Fsp3) is 0.533. The van der Waals surface area contributed by atoms with Crippen LogP contribution in [0.25, 0.3) is 0 Å². The Morgan fingerprint density at radius 2 is 1.94 bits per heavy atom. The molecule has 0 heterocycles. The summed E-state index contributed by atoms with van der Waals surface area (Å²) in [7, 11) is 1.39. The van der Waals surface area contributed by atoms with Gasteiger partial charge in [-0.2, -0.15) is 0 Å². The fourth-order valence-corrected chi connectivity index (χ4v) is 2.47. The summed E-state index contributed by atoms with van der Waals surface area (Å²) in [6.07, 6.45) is 5.12. The second kappa shape index (κ2) is 5.89. The van der Waals surface area contributed by atoms with Crippen molar-refractivity contribution in [3.63, 3.8) is 0 Å². The molecule has 1 fully saturated rings. The van der Waals surface area contributed by atoms with Gasteiger partial charge in [-0.15, -0.1) is 0 Å². The Morgan fingerprint density at radius 3 is 2.56 bits per heavy atom. The van der Waals surface area contributed by atoms with Crippen LogP contribution in [-0.2, 0) is 4.74 Å². The van der Waals surface area contributed by atoms with Crippen molar-refractivity contribution in [3.8, 4) is 5.75 Å². The zero-order chi connectivity index (χ0) is 13.0. The summed E-state index contributed by atoms with van der Waals surface area (Å²) in [5, 5.41) is 0. The maximum absolute atomic E-state index is 11.3. The number of methoxy groups -OCH3 is 1. The molecule has 1 aromatic rings. The molecule has 0 N–H and O–H groups in total. The quantitative estimate of drug-likeness (QED) is 0.769. The Hall–Kier alpha value is -1.51. The van der Waals surface area contributed by atoms with Gasteiger partial charge < -0.3 is 9.47 Å². The highest BCUT2D eigenvalue weighted by molar-refractivity contribution is 5.89. The number of hydrogen-bond acceptors (Lipinski definition) is 3. The van der Waals surface area contributed by atoms with Crippen LogP contribution in [0.15, 0.2) is 24.3 Å². The minimum atomic E-state index is -0.312. The molecule has 98 valence electrons. The molecule has 0 aromatic heterocycles. The van der Waals surface area contributed by atoms with E-state index in [0.29, 0.717) is 11.7 Å². The van der Waals surface area contributed by atoms with Gasteiger partial charge in [0.25, 0.3) is 0 Å². The minimum Gasteiger partial charge on any atom is -0.490 e. The second-order valence-electron chi connectivity index (χ2n) is 5.03. The molecule has 1 aliphatic rings. The fourth-order valence-electron chi connectivity index (χ4n) is 2.47. The van der Waals surface area contributed by atoms with Gasteiger partial charge in [-0.25, -0.2) is 4.79 Å². The van der Waals surface area contributed by atoms with Gasteiger partial charge in [-0.1, -0.05) is 13.3 Å². The highest BCUT2D eigenvalue weighted by atomic mass is 16.5. The third-order valence-corrected chi connectivity index (χ3v) is 3.47. The maximum Gasteiger partial charge on any atom is 0.337 e. The number of hydrogen-bond donors (Lipinski definition) is 0. The van der Waals surface area contributed by atoms with Crippen molar-refractivity contribution in [1.82, 2.24) is 0 Å². The molecule has 0 aliphatic heterocycles. The molecule has 0 bridgehead atoms. The Morgan fingerprint density at radius 1 is 1.22 bits per heavy atom. The lowest BCUT2D eigenvalue weighted by Crippen LogP contribution is -2.24. The first-order chi connectivity index (χ1) is 8.69. The summed E-state index contributed by atoms with van der Waals surface area (Å²) >= 11 is 0. The van der Waals surface area contributed by atoms with E-state index in [2.05, 4.69) is 11.7 Å². The average molecular weight is 248 g/mol. The summed E-state index contributed by atoms with van der Waals surface area (Å²) in [5.41, 5.74) is 0.557. The average Bonchev–Trinajstić information content (AvgIpc) is 2.39. The summed E-state index contributed by atoms with van der Waals surface area (Å²) in [4.78, 5) is 11.3. The van der Waals surface area contributed by atoms with E-state index in [1.54, 1.807) is 12.1 Å². The van der Waals surface area contributed by atoms with Gasteiger partial charge in [-0.05, 0) is 49.4 Å². The first kappa shape index (κ1) is 12.9. The Kier molecular flexibility index (Phi) is 4.24. The van der Waals surface area contributed by atoms with E-state index < -0.39 is 0 Å². The summed E-state index contributed by atoms with van der Waals surface area (Å²) < 4.78 is 10.6. The second-order valence-corrected chi connectivity index (χ2v) is 5.03. The molecule has 1 aliphatic carbocycles. The molecule has 0 spiro atoms. The van der Waals surface area contributed by atoms with Crippen molar-refractivity contribution in [1.29, 1.82) is 0 Å².